The minimum absolute atomic E-state index is 0.185. The van der Waals surface area contributed by atoms with Gasteiger partial charge in [-0.25, -0.2) is 4.79 Å². The maximum atomic E-state index is 12.4. The zero-order valence-electron chi connectivity index (χ0n) is 19.8. The summed E-state index contributed by atoms with van der Waals surface area (Å²) in [6, 6.07) is 5.43. The summed E-state index contributed by atoms with van der Waals surface area (Å²) >= 11 is 0. The minimum atomic E-state index is -0.992. The Kier molecular flexibility index (Phi) is 5.42. The van der Waals surface area contributed by atoms with Gasteiger partial charge in [-0.2, -0.15) is 0 Å². The smallest absolute Gasteiger partial charge is 0.336 e. The topological polar surface area (TPSA) is 107 Å². The molecule has 0 radical (unpaired) electrons. The Balaban J connectivity index is 1.45. The number of phenolic OH excluding ortho intramolecular Hbond substituents is 1. The van der Waals surface area contributed by atoms with Crippen molar-refractivity contribution in [1.82, 2.24) is 0 Å². The third-order valence-corrected chi connectivity index (χ3v) is 9.99. The lowest BCUT2D eigenvalue weighted by molar-refractivity contribution is -0.177. The molecule has 0 amide bonds. The Bertz CT molecular complexity index is 1000. The maximum Gasteiger partial charge on any atom is 0.336 e. The second kappa shape index (κ2) is 7.82. The van der Waals surface area contributed by atoms with E-state index < -0.39 is 23.8 Å². The highest BCUT2D eigenvalue weighted by molar-refractivity contribution is 5.90. The van der Waals surface area contributed by atoms with Gasteiger partial charge < -0.3 is 25.2 Å². The van der Waals surface area contributed by atoms with Gasteiger partial charge in [-0.15, -0.1) is 0 Å². The lowest BCUT2D eigenvalue weighted by atomic mass is 9.51. The van der Waals surface area contributed by atoms with Crippen molar-refractivity contribution in [2.75, 3.05) is 6.61 Å². The van der Waals surface area contributed by atoms with E-state index in [9.17, 15) is 25.2 Å². The van der Waals surface area contributed by atoms with E-state index in [1.807, 2.05) is 19.9 Å². The number of hydrogen-bond acceptors (Lipinski definition) is 6. The normalized spacial score (nSPS) is 41.2. The monoisotopic (exact) mass is 456 g/mol. The summed E-state index contributed by atoms with van der Waals surface area (Å²) < 4.78 is 5.72. The van der Waals surface area contributed by atoms with Crippen molar-refractivity contribution in [3.63, 3.8) is 0 Å². The molecule has 3 aliphatic carbocycles. The molecule has 4 N–H and O–H groups in total. The molecule has 2 fully saturated rings. The SMILES string of the molecule is CC1=C(CO)C(=O)OC(C(C)C2(O)CCC3C4CC(O)c5cccc(O)c5C4CCC32C)C1. The lowest BCUT2D eigenvalue weighted by Gasteiger charge is -2.56. The Hall–Kier alpha value is -1.89. The molecular formula is C27H36O6. The predicted octanol–water partition coefficient (Wildman–Crippen LogP) is 3.73. The molecule has 33 heavy (non-hydrogen) atoms. The fourth-order valence-electron chi connectivity index (χ4n) is 8.06. The molecule has 1 aromatic carbocycles. The highest BCUT2D eigenvalue weighted by atomic mass is 16.5. The zero-order chi connectivity index (χ0) is 23.7. The number of cyclic esters (lactones) is 1. The molecule has 0 aromatic heterocycles. The number of carbonyl (C=O) groups excluding carboxylic acids is 1. The van der Waals surface area contributed by atoms with Gasteiger partial charge in [0.05, 0.1) is 23.9 Å². The molecule has 2 saturated carbocycles. The van der Waals surface area contributed by atoms with Crippen LogP contribution in [0.2, 0.25) is 0 Å². The molecule has 5 rings (SSSR count). The molecule has 0 spiro atoms. The molecule has 180 valence electrons. The Labute approximate surface area is 195 Å². The third-order valence-electron chi connectivity index (χ3n) is 9.99. The molecule has 0 saturated heterocycles. The minimum Gasteiger partial charge on any atom is -0.508 e. The van der Waals surface area contributed by atoms with Crippen LogP contribution in [0.15, 0.2) is 29.3 Å². The van der Waals surface area contributed by atoms with E-state index >= 15 is 0 Å². The number of aliphatic hydroxyl groups is 3. The molecule has 6 nitrogen and oxygen atoms in total. The first-order chi connectivity index (χ1) is 15.6. The van der Waals surface area contributed by atoms with E-state index in [4.69, 9.17) is 4.74 Å². The first-order valence-corrected chi connectivity index (χ1v) is 12.3. The second-order valence-electron chi connectivity index (χ2n) is 11.2. The van der Waals surface area contributed by atoms with E-state index in [1.54, 1.807) is 12.1 Å². The fraction of sp³-hybridized carbons (Fsp3) is 0.667. The molecule has 1 aliphatic heterocycles. The summed E-state index contributed by atoms with van der Waals surface area (Å²) in [5.74, 6) is 0.130. The average molecular weight is 457 g/mol. The average Bonchev–Trinajstić information content (AvgIpc) is 3.05. The van der Waals surface area contributed by atoms with E-state index in [1.165, 1.54) is 0 Å². The van der Waals surface area contributed by atoms with Crippen LogP contribution in [0.5, 0.6) is 5.75 Å². The maximum absolute atomic E-state index is 12.4. The van der Waals surface area contributed by atoms with Crippen LogP contribution in [0.3, 0.4) is 0 Å². The molecule has 0 bridgehead atoms. The number of phenols is 1. The van der Waals surface area contributed by atoms with Gasteiger partial charge in [-0.1, -0.05) is 31.6 Å². The molecule has 6 heteroatoms. The number of hydrogen-bond donors (Lipinski definition) is 4. The molecule has 8 unspecified atom stereocenters. The van der Waals surface area contributed by atoms with E-state index in [-0.39, 0.29) is 41.4 Å². The molecule has 1 aromatic rings. The van der Waals surface area contributed by atoms with Crippen molar-refractivity contribution >= 4 is 5.97 Å². The highest BCUT2D eigenvalue weighted by Gasteiger charge is 2.65. The van der Waals surface area contributed by atoms with Crippen LogP contribution in [-0.2, 0) is 9.53 Å². The van der Waals surface area contributed by atoms with Crippen LogP contribution in [0.4, 0.5) is 0 Å². The number of aliphatic hydroxyl groups excluding tert-OH is 2. The third kappa shape index (κ3) is 3.14. The van der Waals surface area contributed by atoms with E-state index in [2.05, 4.69) is 6.92 Å². The van der Waals surface area contributed by atoms with Gasteiger partial charge in [-0.3, -0.25) is 0 Å². The van der Waals surface area contributed by atoms with Crippen molar-refractivity contribution in [2.45, 2.75) is 83.0 Å². The zero-order valence-corrected chi connectivity index (χ0v) is 19.8. The van der Waals surface area contributed by atoms with Crippen molar-refractivity contribution in [3.05, 3.63) is 40.5 Å². The van der Waals surface area contributed by atoms with Gasteiger partial charge in [0.15, 0.2) is 0 Å². The molecule has 1 heterocycles. The summed E-state index contributed by atoms with van der Waals surface area (Å²) in [5.41, 5.74) is 1.55. The van der Waals surface area contributed by atoms with Crippen LogP contribution in [-0.4, -0.2) is 44.7 Å². The van der Waals surface area contributed by atoms with Crippen LogP contribution in [0.1, 0.15) is 82.4 Å². The van der Waals surface area contributed by atoms with Crippen LogP contribution in [0, 0.1) is 23.2 Å². The fourth-order valence-corrected chi connectivity index (χ4v) is 8.06. The number of ether oxygens (including phenoxy) is 1. The Morgan fingerprint density at radius 1 is 1.24 bits per heavy atom. The van der Waals surface area contributed by atoms with Crippen molar-refractivity contribution in [1.29, 1.82) is 0 Å². The summed E-state index contributed by atoms with van der Waals surface area (Å²) in [6.07, 6.45) is 3.29. The summed E-state index contributed by atoms with van der Waals surface area (Å²) in [7, 11) is 0. The molecular weight excluding hydrogens is 420 g/mol. The first kappa shape index (κ1) is 22.9. The number of aromatic hydroxyl groups is 1. The molecule has 8 atom stereocenters. The van der Waals surface area contributed by atoms with Gasteiger partial charge in [0.25, 0.3) is 0 Å². The Morgan fingerprint density at radius 3 is 2.70 bits per heavy atom. The number of carbonyl (C=O) groups is 1. The molecule has 4 aliphatic rings. The van der Waals surface area contributed by atoms with E-state index in [0.717, 1.165) is 36.0 Å². The number of benzene rings is 1. The lowest BCUT2D eigenvalue weighted by Crippen LogP contribution is -2.57. The van der Waals surface area contributed by atoms with Gasteiger partial charge in [-0.05, 0) is 73.8 Å². The number of esters is 1. The van der Waals surface area contributed by atoms with Crippen LogP contribution in [0.25, 0.3) is 0 Å². The van der Waals surface area contributed by atoms with Crippen molar-refractivity contribution in [3.8, 4) is 5.75 Å². The standard InChI is InChI=1S/C27H36O6/c1-14-11-23(33-25(31)19(14)13-28)15(2)27(32)10-8-20-18-12-22(30)17-5-4-6-21(29)24(17)16(18)7-9-26(20,27)3/h4-6,15-16,18,20,22-23,28-30,32H,7-13H2,1-3H3. The second-order valence-corrected chi connectivity index (χ2v) is 11.2. The van der Waals surface area contributed by atoms with Crippen molar-refractivity contribution < 1.29 is 30.0 Å². The first-order valence-electron chi connectivity index (χ1n) is 12.3. The number of rotatable bonds is 3. The van der Waals surface area contributed by atoms with Gasteiger partial charge in [0.2, 0.25) is 0 Å². The van der Waals surface area contributed by atoms with Crippen LogP contribution < -0.4 is 0 Å². The van der Waals surface area contributed by atoms with Gasteiger partial charge >= 0.3 is 5.97 Å². The quantitative estimate of drug-likeness (QED) is 0.517. The highest BCUT2D eigenvalue weighted by Crippen LogP contribution is 2.67. The van der Waals surface area contributed by atoms with Gasteiger partial charge in [0.1, 0.15) is 11.9 Å². The largest absolute Gasteiger partial charge is 0.508 e. The van der Waals surface area contributed by atoms with Crippen molar-refractivity contribution in [2.24, 2.45) is 23.2 Å². The summed E-state index contributed by atoms with van der Waals surface area (Å²) in [4.78, 5) is 12.4. The number of fused-ring (bicyclic) bond motifs is 5. The summed E-state index contributed by atoms with van der Waals surface area (Å²) in [5, 5.41) is 43.2. The summed E-state index contributed by atoms with van der Waals surface area (Å²) in [6.45, 7) is 5.70. The predicted molar refractivity (Wildman–Crippen MR) is 122 cm³/mol. The Morgan fingerprint density at radius 2 is 2.00 bits per heavy atom. The van der Waals surface area contributed by atoms with E-state index in [0.29, 0.717) is 24.8 Å². The van der Waals surface area contributed by atoms with Crippen LogP contribution >= 0.6 is 0 Å². The van der Waals surface area contributed by atoms with Gasteiger partial charge in [0, 0.05) is 17.9 Å².